The van der Waals surface area contributed by atoms with Crippen molar-refractivity contribution < 1.29 is 18.3 Å². The number of nitrogen functional groups attached to an aromatic ring is 1. The maximum atomic E-state index is 12.7. The third-order valence-corrected chi connectivity index (χ3v) is 3.31. The Labute approximate surface area is 120 Å². The van der Waals surface area contributed by atoms with E-state index in [0.29, 0.717) is 26.2 Å². The van der Waals surface area contributed by atoms with Crippen molar-refractivity contribution in [2.45, 2.75) is 12.6 Å². The molecule has 1 fully saturated rings. The van der Waals surface area contributed by atoms with Crippen molar-refractivity contribution >= 4 is 11.6 Å². The van der Waals surface area contributed by atoms with Gasteiger partial charge in [0.1, 0.15) is 11.6 Å². The molecule has 118 valence electrons. The van der Waals surface area contributed by atoms with Crippen LogP contribution in [0.1, 0.15) is 12.2 Å². The molecule has 21 heavy (non-hydrogen) atoms. The SMILES string of the molecule is Nc1cc(N2CCCN(CCO)CC2)nc(C(F)(F)F)n1. The van der Waals surface area contributed by atoms with Crippen LogP contribution in [0.3, 0.4) is 0 Å². The van der Waals surface area contributed by atoms with Crippen molar-refractivity contribution in [1.29, 1.82) is 0 Å². The van der Waals surface area contributed by atoms with E-state index in [9.17, 15) is 13.2 Å². The lowest BCUT2D eigenvalue weighted by Crippen LogP contribution is -2.33. The van der Waals surface area contributed by atoms with Gasteiger partial charge in [-0.05, 0) is 13.0 Å². The molecular formula is C12H18F3N5O. The van der Waals surface area contributed by atoms with Gasteiger partial charge < -0.3 is 15.7 Å². The van der Waals surface area contributed by atoms with Crippen molar-refractivity contribution in [2.24, 2.45) is 0 Å². The van der Waals surface area contributed by atoms with E-state index in [1.165, 1.54) is 6.07 Å². The third kappa shape index (κ3) is 4.18. The van der Waals surface area contributed by atoms with Crippen LogP contribution in [0.25, 0.3) is 0 Å². The molecular weight excluding hydrogens is 287 g/mol. The molecule has 2 heterocycles. The molecule has 1 aliphatic rings. The largest absolute Gasteiger partial charge is 0.451 e. The Balaban J connectivity index is 2.16. The zero-order chi connectivity index (χ0) is 15.5. The second kappa shape index (κ2) is 6.44. The highest BCUT2D eigenvalue weighted by atomic mass is 19.4. The number of nitrogens with zero attached hydrogens (tertiary/aromatic N) is 4. The molecule has 0 bridgehead atoms. The molecule has 6 nitrogen and oxygen atoms in total. The average molecular weight is 305 g/mol. The average Bonchev–Trinajstić information content (AvgIpc) is 2.63. The van der Waals surface area contributed by atoms with E-state index in [1.54, 1.807) is 4.90 Å². The highest BCUT2D eigenvalue weighted by Gasteiger charge is 2.35. The lowest BCUT2D eigenvalue weighted by Gasteiger charge is -2.23. The number of hydrogen-bond acceptors (Lipinski definition) is 6. The van der Waals surface area contributed by atoms with Crippen molar-refractivity contribution in [1.82, 2.24) is 14.9 Å². The van der Waals surface area contributed by atoms with Gasteiger partial charge in [0.05, 0.1) is 6.61 Å². The zero-order valence-corrected chi connectivity index (χ0v) is 11.5. The van der Waals surface area contributed by atoms with Crippen LogP contribution in [0, 0.1) is 0 Å². The minimum atomic E-state index is -4.61. The number of hydrogen-bond donors (Lipinski definition) is 2. The molecule has 0 radical (unpaired) electrons. The molecule has 1 saturated heterocycles. The molecule has 0 aliphatic carbocycles. The second-order valence-corrected chi connectivity index (χ2v) is 4.88. The second-order valence-electron chi connectivity index (χ2n) is 4.88. The third-order valence-electron chi connectivity index (χ3n) is 3.31. The molecule has 0 unspecified atom stereocenters. The highest BCUT2D eigenvalue weighted by molar-refractivity contribution is 5.47. The standard InChI is InChI=1S/C12H18F3N5O/c13-12(14,15)11-17-9(16)8-10(18-11)20-3-1-2-19(4-5-20)6-7-21/h8,21H,1-7H2,(H2,16,17,18). The van der Waals surface area contributed by atoms with E-state index in [-0.39, 0.29) is 18.2 Å². The first-order valence-corrected chi connectivity index (χ1v) is 6.70. The summed E-state index contributed by atoms with van der Waals surface area (Å²) in [5, 5.41) is 8.94. The monoisotopic (exact) mass is 305 g/mol. The molecule has 0 saturated carbocycles. The fourth-order valence-electron chi connectivity index (χ4n) is 2.31. The van der Waals surface area contributed by atoms with E-state index < -0.39 is 12.0 Å². The first-order chi connectivity index (χ1) is 9.90. The molecule has 1 aromatic heterocycles. The van der Waals surface area contributed by atoms with Crippen LogP contribution in [0.15, 0.2) is 6.07 Å². The van der Waals surface area contributed by atoms with Gasteiger partial charge in [-0.3, -0.25) is 4.90 Å². The topological polar surface area (TPSA) is 78.5 Å². The van der Waals surface area contributed by atoms with Gasteiger partial charge in [-0.1, -0.05) is 0 Å². The number of rotatable bonds is 3. The Kier molecular flexibility index (Phi) is 4.84. The lowest BCUT2D eigenvalue weighted by atomic mass is 10.3. The highest BCUT2D eigenvalue weighted by Crippen LogP contribution is 2.28. The zero-order valence-electron chi connectivity index (χ0n) is 11.5. The number of aliphatic hydroxyl groups excluding tert-OH is 1. The quantitative estimate of drug-likeness (QED) is 0.850. The Morgan fingerprint density at radius 2 is 1.95 bits per heavy atom. The van der Waals surface area contributed by atoms with Crippen molar-refractivity contribution in [3.8, 4) is 0 Å². The molecule has 1 aliphatic heterocycles. The van der Waals surface area contributed by atoms with Crippen molar-refractivity contribution in [3.05, 3.63) is 11.9 Å². The Hall–Kier alpha value is -1.61. The number of halogens is 3. The summed E-state index contributed by atoms with van der Waals surface area (Å²) in [6.45, 7) is 3.21. The minimum Gasteiger partial charge on any atom is -0.395 e. The Bertz CT molecular complexity index is 482. The molecule has 0 atom stereocenters. The van der Waals surface area contributed by atoms with Crippen LogP contribution in [-0.4, -0.2) is 59.3 Å². The normalized spacial score (nSPS) is 17.8. The Morgan fingerprint density at radius 1 is 1.19 bits per heavy atom. The van der Waals surface area contributed by atoms with Gasteiger partial charge in [-0.25, -0.2) is 9.97 Å². The van der Waals surface area contributed by atoms with Crippen molar-refractivity contribution in [3.63, 3.8) is 0 Å². The summed E-state index contributed by atoms with van der Waals surface area (Å²) in [7, 11) is 0. The van der Waals surface area contributed by atoms with Gasteiger partial charge in [0, 0.05) is 32.2 Å². The molecule has 9 heteroatoms. The number of anilines is 2. The van der Waals surface area contributed by atoms with E-state index >= 15 is 0 Å². The maximum absolute atomic E-state index is 12.7. The van der Waals surface area contributed by atoms with Crippen LogP contribution in [-0.2, 0) is 6.18 Å². The summed E-state index contributed by atoms with van der Waals surface area (Å²) in [4.78, 5) is 10.7. The van der Waals surface area contributed by atoms with E-state index in [2.05, 4.69) is 14.9 Å². The van der Waals surface area contributed by atoms with Gasteiger partial charge >= 0.3 is 6.18 Å². The Morgan fingerprint density at radius 3 is 2.62 bits per heavy atom. The van der Waals surface area contributed by atoms with Gasteiger partial charge in [0.25, 0.3) is 0 Å². The van der Waals surface area contributed by atoms with E-state index in [4.69, 9.17) is 10.8 Å². The van der Waals surface area contributed by atoms with E-state index in [1.807, 2.05) is 0 Å². The van der Waals surface area contributed by atoms with Gasteiger partial charge in [-0.15, -0.1) is 0 Å². The van der Waals surface area contributed by atoms with Crippen LogP contribution in [0.2, 0.25) is 0 Å². The molecule has 2 rings (SSSR count). The first-order valence-electron chi connectivity index (χ1n) is 6.70. The van der Waals surface area contributed by atoms with Crippen LogP contribution in [0.5, 0.6) is 0 Å². The summed E-state index contributed by atoms with van der Waals surface area (Å²) in [5.74, 6) is -1.21. The smallest absolute Gasteiger partial charge is 0.395 e. The predicted octanol–water partition coefficient (Wildman–Crippen LogP) is 0.582. The summed E-state index contributed by atoms with van der Waals surface area (Å²) in [6.07, 6.45) is -3.83. The summed E-state index contributed by atoms with van der Waals surface area (Å²) in [6, 6.07) is 1.36. The number of nitrogens with two attached hydrogens (primary N) is 1. The molecule has 3 N–H and O–H groups in total. The molecule has 0 aromatic carbocycles. The summed E-state index contributed by atoms with van der Waals surface area (Å²) in [5.41, 5.74) is 5.46. The summed E-state index contributed by atoms with van der Waals surface area (Å²) < 4.78 is 38.2. The lowest BCUT2D eigenvalue weighted by molar-refractivity contribution is -0.144. The van der Waals surface area contributed by atoms with Gasteiger partial charge in [0.2, 0.25) is 5.82 Å². The fraction of sp³-hybridized carbons (Fsp3) is 0.667. The van der Waals surface area contributed by atoms with Crippen molar-refractivity contribution in [2.75, 3.05) is 50.0 Å². The number of aromatic nitrogens is 2. The van der Waals surface area contributed by atoms with E-state index in [0.717, 1.165) is 13.0 Å². The fourth-order valence-corrected chi connectivity index (χ4v) is 2.31. The van der Waals surface area contributed by atoms with Crippen LogP contribution in [0.4, 0.5) is 24.8 Å². The molecule has 0 amide bonds. The van der Waals surface area contributed by atoms with Gasteiger partial charge in [0.15, 0.2) is 0 Å². The maximum Gasteiger partial charge on any atom is 0.451 e. The number of alkyl halides is 3. The van der Waals surface area contributed by atoms with Crippen LogP contribution < -0.4 is 10.6 Å². The number of β-amino-alcohol motifs (C(OH)–C–C–N with tert-alkyl or cyclic N) is 1. The predicted molar refractivity (Wildman–Crippen MR) is 71.8 cm³/mol. The molecule has 0 spiro atoms. The minimum absolute atomic E-state index is 0.0681. The molecule has 1 aromatic rings. The summed E-state index contributed by atoms with van der Waals surface area (Å²) >= 11 is 0. The number of aliphatic hydroxyl groups is 1. The van der Waals surface area contributed by atoms with Crippen LogP contribution >= 0.6 is 0 Å². The first kappa shape index (κ1) is 15.8. The van der Waals surface area contributed by atoms with Gasteiger partial charge in [-0.2, -0.15) is 13.2 Å².